The number of halogens is 1. The average Bonchev–Trinajstić information content (AvgIpc) is 3.30. The van der Waals surface area contributed by atoms with Gasteiger partial charge in [0.15, 0.2) is 10.9 Å². The third-order valence-electron chi connectivity index (χ3n) is 5.06. The Balaban J connectivity index is 0.00000240. The summed E-state index contributed by atoms with van der Waals surface area (Å²) < 4.78 is 2.05. The lowest BCUT2D eigenvalue weighted by atomic mass is 10.0. The van der Waals surface area contributed by atoms with Gasteiger partial charge in [0, 0.05) is 50.0 Å². The molecule has 0 bridgehead atoms. The summed E-state index contributed by atoms with van der Waals surface area (Å²) in [5.41, 5.74) is 2.39. The van der Waals surface area contributed by atoms with Crippen LogP contribution in [0.3, 0.4) is 0 Å². The average molecular weight is 524 g/mol. The van der Waals surface area contributed by atoms with Crippen LogP contribution >= 0.6 is 35.3 Å². The molecule has 8 heteroatoms. The highest BCUT2D eigenvalue weighted by molar-refractivity contribution is 14.0. The predicted molar refractivity (Wildman–Crippen MR) is 131 cm³/mol. The van der Waals surface area contributed by atoms with Crippen molar-refractivity contribution >= 4 is 46.2 Å². The van der Waals surface area contributed by atoms with Crippen LogP contribution in [0.25, 0.3) is 4.96 Å². The van der Waals surface area contributed by atoms with Crippen LogP contribution in [-0.4, -0.2) is 45.9 Å². The second-order valence-electron chi connectivity index (χ2n) is 7.20. The fourth-order valence-corrected chi connectivity index (χ4v) is 4.32. The first-order chi connectivity index (χ1) is 13.8. The van der Waals surface area contributed by atoms with Crippen LogP contribution in [0.15, 0.2) is 53.1 Å². The lowest BCUT2D eigenvalue weighted by Crippen LogP contribution is -2.48. The van der Waals surface area contributed by atoms with E-state index in [2.05, 4.69) is 68.4 Å². The maximum Gasteiger partial charge on any atom is 0.193 e. The van der Waals surface area contributed by atoms with E-state index in [1.54, 1.807) is 11.3 Å². The zero-order valence-electron chi connectivity index (χ0n) is 16.8. The largest absolute Gasteiger partial charge is 0.357 e. The number of hydrogen-bond donors (Lipinski definition) is 2. The summed E-state index contributed by atoms with van der Waals surface area (Å²) >= 11 is 1.65. The lowest BCUT2D eigenvalue weighted by Gasteiger charge is -2.33. The van der Waals surface area contributed by atoms with Crippen molar-refractivity contribution < 1.29 is 0 Å². The van der Waals surface area contributed by atoms with Crippen molar-refractivity contribution in [1.82, 2.24) is 24.9 Å². The van der Waals surface area contributed by atoms with Crippen molar-refractivity contribution in [2.45, 2.75) is 38.9 Å². The van der Waals surface area contributed by atoms with Crippen LogP contribution in [0.1, 0.15) is 31.0 Å². The molecule has 1 aliphatic rings. The minimum absolute atomic E-state index is 0. The molecule has 156 valence electrons. The number of piperidine rings is 1. The number of nitrogens with one attached hydrogen (secondary N) is 2. The number of nitrogens with zero attached hydrogens (tertiary/aromatic N) is 4. The first kappa shape index (κ1) is 22.0. The van der Waals surface area contributed by atoms with Gasteiger partial charge >= 0.3 is 0 Å². The summed E-state index contributed by atoms with van der Waals surface area (Å²) in [5.74, 6) is 0.889. The molecule has 3 aromatic rings. The fourth-order valence-electron chi connectivity index (χ4n) is 3.60. The lowest BCUT2D eigenvalue weighted by molar-refractivity contribution is 0.198. The second-order valence-corrected chi connectivity index (χ2v) is 8.07. The molecule has 1 aliphatic heterocycles. The summed E-state index contributed by atoms with van der Waals surface area (Å²) in [6, 6.07) is 11.2. The number of hydrogen-bond acceptors (Lipinski definition) is 4. The summed E-state index contributed by atoms with van der Waals surface area (Å²) in [6.07, 6.45) is 6.36. The Bertz CT molecular complexity index is 870. The van der Waals surface area contributed by atoms with Crippen LogP contribution in [-0.2, 0) is 13.1 Å². The Kier molecular flexibility index (Phi) is 8.31. The van der Waals surface area contributed by atoms with Gasteiger partial charge in [-0.15, -0.1) is 35.3 Å². The van der Waals surface area contributed by atoms with E-state index in [-0.39, 0.29) is 24.0 Å². The number of likely N-dealkylation sites (tertiary alicyclic amines) is 1. The highest BCUT2D eigenvalue weighted by atomic mass is 127. The van der Waals surface area contributed by atoms with Crippen molar-refractivity contribution in [1.29, 1.82) is 0 Å². The van der Waals surface area contributed by atoms with Gasteiger partial charge in [0.1, 0.15) is 0 Å². The maximum absolute atomic E-state index is 4.75. The van der Waals surface area contributed by atoms with Gasteiger partial charge in [-0.3, -0.25) is 9.30 Å². The number of thiazole rings is 1. The Hall–Kier alpha value is -1.65. The molecule has 2 aromatic heterocycles. The Labute approximate surface area is 193 Å². The molecule has 0 unspecified atom stereocenters. The number of fused-ring (bicyclic) bond motifs is 1. The van der Waals surface area contributed by atoms with Gasteiger partial charge < -0.3 is 10.6 Å². The molecule has 2 N–H and O–H groups in total. The van der Waals surface area contributed by atoms with Gasteiger partial charge in [0.05, 0.1) is 12.2 Å². The first-order valence-corrected chi connectivity index (χ1v) is 10.9. The van der Waals surface area contributed by atoms with Gasteiger partial charge in [-0.05, 0) is 25.3 Å². The second kappa shape index (κ2) is 10.9. The number of aromatic nitrogens is 2. The molecule has 3 heterocycles. The quantitative estimate of drug-likeness (QED) is 0.293. The maximum atomic E-state index is 4.75. The van der Waals surface area contributed by atoms with E-state index in [0.29, 0.717) is 12.6 Å². The van der Waals surface area contributed by atoms with Crippen LogP contribution in [0.4, 0.5) is 0 Å². The fraction of sp³-hybridized carbons (Fsp3) is 0.429. The molecular formula is C21H29IN6S. The molecule has 1 saturated heterocycles. The molecule has 0 radical (unpaired) electrons. The van der Waals surface area contributed by atoms with Crippen LogP contribution in [0.2, 0.25) is 0 Å². The molecule has 1 aromatic carbocycles. The topological polar surface area (TPSA) is 57.0 Å². The normalized spacial score (nSPS) is 16.0. The monoisotopic (exact) mass is 524 g/mol. The number of aliphatic imine (C=N–C) groups is 1. The third kappa shape index (κ3) is 6.16. The molecular weight excluding hydrogens is 495 g/mol. The van der Waals surface area contributed by atoms with Crippen LogP contribution in [0, 0.1) is 0 Å². The van der Waals surface area contributed by atoms with Crippen molar-refractivity contribution in [2.24, 2.45) is 4.99 Å². The van der Waals surface area contributed by atoms with E-state index in [1.807, 2.05) is 11.6 Å². The zero-order chi connectivity index (χ0) is 19.2. The Morgan fingerprint density at radius 2 is 2.03 bits per heavy atom. The van der Waals surface area contributed by atoms with Gasteiger partial charge in [-0.2, -0.15) is 0 Å². The smallest absolute Gasteiger partial charge is 0.193 e. The van der Waals surface area contributed by atoms with Gasteiger partial charge in [0.25, 0.3) is 0 Å². The molecule has 6 nitrogen and oxygen atoms in total. The van der Waals surface area contributed by atoms with Crippen molar-refractivity contribution in [3.63, 3.8) is 0 Å². The van der Waals surface area contributed by atoms with Gasteiger partial charge in [0.2, 0.25) is 0 Å². The summed E-state index contributed by atoms with van der Waals surface area (Å²) in [5, 5.41) is 9.04. The van der Waals surface area contributed by atoms with E-state index in [0.717, 1.165) is 55.6 Å². The van der Waals surface area contributed by atoms with Crippen molar-refractivity contribution in [3.05, 3.63) is 59.4 Å². The van der Waals surface area contributed by atoms with Crippen molar-refractivity contribution in [2.75, 3.05) is 19.6 Å². The molecule has 1 fully saturated rings. The van der Waals surface area contributed by atoms with E-state index in [9.17, 15) is 0 Å². The van der Waals surface area contributed by atoms with E-state index in [4.69, 9.17) is 4.99 Å². The van der Waals surface area contributed by atoms with E-state index in [1.165, 1.54) is 5.56 Å². The highest BCUT2D eigenvalue weighted by Crippen LogP contribution is 2.14. The molecule has 0 atom stereocenters. The summed E-state index contributed by atoms with van der Waals surface area (Å²) in [4.78, 5) is 12.9. The number of rotatable bonds is 6. The number of imidazole rings is 1. The molecule has 0 amide bonds. The molecule has 0 spiro atoms. The molecule has 4 rings (SSSR count). The summed E-state index contributed by atoms with van der Waals surface area (Å²) in [6.45, 7) is 6.82. The summed E-state index contributed by atoms with van der Waals surface area (Å²) in [7, 11) is 0. The standard InChI is InChI=1S/C21H28N6S.HI/c1-2-22-20(23-14-19-16-27-12-13-28-21(27)25-19)24-18-8-10-26(11-9-18)15-17-6-4-3-5-7-17;/h3-7,12-13,16,18H,2,8-11,14-15H2,1H3,(H2,22,23,24);1H. The van der Waals surface area contributed by atoms with Crippen LogP contribution < -0.4 is 10.6 Å². The Morgan fingerprint density at radius 3 is 2.76 bits per heavy atom. The highest BCUT2D eigenvalue weighted by Gasteiger charge is 2.20. The minimum atomic E-state index is 0. The Morgan fingerprint density at radius 1 is 1.24 bits per heavy atom. The molecule has 0 aliphatic carbocycles. The van der Waals surface area contributed by atoms with Crippen LogP contribution in [0.5, 0.6) is 0 Å². The predicted octanol–water partition coefficient (Wildman–Crippen LogP) is 3.73. The molecule has 29 heavy (non-hydrogen) atoms. The first-order valence-electron chi connectivity index (χ1n) is 10.0. The number of benzene rings is 1. The SMILES string of the molecule is CCNC(=NCc1cn2ccsc2n1)NC1CCN(Cc2ccccc2)CC1.I. The van der Waals surface area contributed by atoms with Gasteiger partial charge in [-0.25, -0.2) is 9.98 Å². The minimum Gasteiger partial charge on any atom is -0.357 e. The zero-order valence-corrected chi connectivity index (χ0v) is 19.9. The van der Waals surface area contributed by atoms with Gasteiger partial charge in [-0.1, -0.05) is 30.3 Å². The van der Waals surface area contributed by atoms with Crippen molar-refractivity contribution in [3.8, 4) is 0 Å². The van der Waals surface area contributed by atoms with E-state index < -0.39 is 0 Å². The number of guanidine groups is 1. The third-order valence-corrected chi connectivity index (χ3v) is 5.83. The molecule has 0 saturated carbocycles. The van der Waals surface area contributed by atoms with E-state index >= 15 is 0 Å².